The van der Waals surface area contributed by atoms with Gasteiger partial charge in [0.1, 0.15) is 5.82 Å². The highest BCUT2D eigenvalue weighted by Gasteiger charge is 2.51. The number of carbonyl (C=O) groups excluding carboxylic acids is 1. The highest BCUT2D eigenvalue weighted by atomic mass is 19.1. The second-order valence-electron chi connectivity index (χ2n) is 5.37. The van der Waals surface area contributed by atoms with E-state index < -0.39 is 0 Å². The molecule has 1 saturated carbocycles. The topological polar surface area (TPSA) is 32.3 Å². The summed E-state index contributed by atoms with van der Waals surface area (Å²) in [6.45, 7) is 2.68. The maximum absolute atomic E-state index is 13.2. The molecule has 0 bridgehead atoms. The molecule has 2 amide bonds. The maximum Gasteiger partial charge on any atom is 0.322 e. The lowest BCUT2D eigenvalue weighted by Crippen LogP contribution is -2.66. The minimum Gasteiger partial charge on any atom is -0.319 e. The Labute approximate surface area is 106 Å². The Morgan fingerprint density at radius 1 is 1.39 bits per heavy atom. The van der Waals surface area contributed by atoms with Crippen LogP contribution in [0.25, 0.3) is 0 Å². The average Bonchev–Trinajstić information content (AvgIpc) is 2.19. The Kier molecular flexibility index (Phi) is 2.54. The fourth-order valence-corrected chi connectivity index (χ4v) is 2.87. The molecular weight excluding hydrogens is 231 g/mol. The van der Waals surface area contributed by atoms with Crippen LogP contribution in [0.3, 0.4) is 0 Å². The average molecular weight is 248 g/mol. The lowest BCUT2D eigenvalue weighted by molar-refractivity contribution is -0.0319. The molecule has 0 atom stereocenters. The summed E-state index contributed by atoms with van der Waals surface area (Å²) < 4.78 is 13.2. The van der Waals surface area contributed by atoms with E-state index in [-0.39, 0.29) is 17.4 Å². The minimum atomic E-state index is -0.321. The van der Waals surface area contributed by atoms with Crippen LogP contribution in [0.2, 0.25) is 0 Å². The van der Waals surface area contributed by atoms with Crippen LogP contribution < -0.4 is 5.32 Å². The summed E-state index contributed by atoms with van der Waals surface area (Å²) in [7, 11) is 0. The van der Waals surface area contributed by atoms with E-state index in [1.807, 2.05) is 11.8 Å². The Morgan fingerprint density at radius 3 is 2.72 bits per heavy atom. The third-order valence-electron chi connectivity index (χ3n) is 4.34. The van der Waals surface area contributed by atoms with Gasteiger partial charge in [-0.05, 0) is 50.3 Å². The first kappa shape index (κ1) is 11.5. The van der Waals surface area contributed by atoms with E-state index in [0.29, 0.717) is 5.69 Å². The van der Waals surface area contributed by atoms with Crippen LogP contribution in [-0.2, 0) is 0 Å². The van der Waals surface area contributed by atoms with E-state index in [0.717, 1.165) is 31.4 Å². The predicted molar refractivity (Wildman–Crippen MR) is 68.1 cm³/mol. The molecule has 1 aliphatic carbocycles. The monoisotopic (exact) mass is 248 g/mol. The van der Waals surface area contributed by atoms with Crippen LogP contribution in [0.15, 0.2) is 18.2 Å². The van der Waals surface area contributed by atoms with Gasteiger partial charge in [0.15, 0.2) is 0 Å². The van der Waals surface area contributed by atoms with Crippen molar-refractivity contribution in [1.29, 1.82) is 0 Å². The molecule has 0 unspecified atom stereocenters. The zero-order valence-electron chi connectivity index (χ0n) is 10.5. The lowest BCUT2D eigenvalue weighted by Gasteiger charge is -2.58. The molecule has 3 rings (SSSR count). The third kappa shape index (κ3) is 1.67. The number of urea groups is 1. The lowest BCUT2D eigenvalue weighted by atomic mass is 9.68. The van der Waals surface area contributed by atoms with Crippen molar-refractivity contribution in [3.63, 3.8) is 0 Å². The SMILES string of the molecule is Cc1ccc(F)cc1NC(=O)N1CCC12CCC2. The van der Waals surface area contributed by atoms with Gasteiger partial charge in [0, 0.05) is 17.8 Å². The van der Waals surface area contributed by atoms with Crippen molar-refractivity contribution < 1.29 is 9.18 Å². The van der Waals surface area contributed by atoms with E-state index in [2.05, 4.69) is 5.32 Å². The van der Waals surface area contributed by atoms with E-state index >= 15 is 0 Å². The fourth-order valence-electron chi connectivity index (χ4n) is 2.87. The molecular formula is C14H17FN2O. The number of aryl methyl sites for hydroxylation is 1. The van der Waals surface area contributed by atoms with Crippen LogP contribution in [0, 0.1) is 12.7 Å². The van der Waals surface area contributed by atoms with Crippen molar-refractivity contribution in [2.75, 3.05) is 11.9 Å². The Hall–Kier alpha value is -1.58. The summed E-state index contributed by atoms with van der Waals surface area (Å²) in [6.07, 6.45) is 4.55. The summed E-state index contributed by atoms with van der Waals surface area (Å²) in [4.78, 5) is 14.1. The van der Waals surface area contributed by atoms with Crippen molar-refractivity contribution in [2.24, 2.45) is 0 Å². The first-order valence-corrected chi connectivity index (χ1v) is 6.46. The highest BCUT2D eigenvalue weighted by Crippen LogP contribution is 2.47. The second kappa shape index (κ2) is 3.97. The summed E-state index contributed by atoms with van der Waals surface area (Å²) in [5, 5.41) is 2.82. The molecule has 1 spiro atoms. The van der Waals surface area contributed by atoms with Crippen molar-refractivity contribution in [2.45, 2.75) is 38.1 Å². The number of nitrogens with one attached hydrogen (secondary N) is 1. The van der Waals surface area contributed by atoms with Gasteiger partial charge in [-0.25, -0.2) is 9.18 Å². The number of rotatable bonds is 1. The fraction of sp³-hybridized carbons (Fsp3) is 0.500. The van der Waals surface area contributed by atoms with Crippen LogP contribution in [-0.4, -0.2) is 23.0 Å². The molecule has 0 radical (unpaired) electrons. The maximum atomic E-state index is 13.2. The van der Waals surface area contributed by atoms with Gasteiger partial charge in [-0.3, -0.25) is 0 Å². The second-order valence-corrected chi connectivity index (χ2v) is 5.37. The molecule has 2 fully saturated rings. The first-order valence-electron chi connectivity index (χ1n) is 6.46. The molecule has 2 aliphatic rings. The van der Waals surface area contributed by atoms with Gasteiger partial charge in [-0.1, -0.05) is 6.07 Å². The van der Waals surface area contributed by atoms with E-state index in [1.165, 1.54) is 18.6 Å². The number of hydrogen-bond donors (Lipinski definition) is 1. The summed E-state index contributed by atoms with van der Waals surface area (Å²) in [5.74, 6) is -0.321. The number of benzene rings is 1. The third-order valence-corrected chi connectivity index (χ3v) is 4.34. The molecule has 1 heterocycles. The van der Waals surface area contributed by atoms with Gasteiger partial charge in [0.2, 0.25) is 0 Å². The zero-order valence-corrected chi connectivity index (χ0v) is 10.5. The largest absolute Gasteiger partial charge is 0.322 e. The molecule has 1 saturated heterocycles. The van der Waals surface area contributed by atoms with Crippen LogP contribution in [0.4, 0.5) is 14.9 Å². The Balaban J connectivity index is 1.72. The van der Waals surface area contributed by atoms with Crippen LogP contribution in [0.5, 0.6) is 0 Å². The highest BCUT2D eigenvalue weighted by molar-refractivity contribution is 5.91. The van der Waals surface area contributed by atoms with E-state index in [4.69, 9.17) is 0 Å². The van der Waals surface area contributed by atoms with Crippen molar-refractivity contribution in [3.05, 3.63) is 29.6 Å². The molecule has 1 N–H and O–H groups in total. The van der Waals surface area contributed by atoms with Crippen molar-refractivity contribution in [3.8, 4) is 0 Å². The molecule has 96 valence electrons. The van der Waals surface area contributed by atoms with Gasteiger partial charge in [0.25, 0.3) is 0 Å². The smallest absolute Gasteiger partial charge is 0.319 e. The summed E-state index contributed by atoms with van der Waals surface area (Å²) >= 11 is 0. The predicted octanol–water partition coefficient (Wildman–Crippen LogP) is 3.29. The van der Waals surface area contributed by atoms with E-state index in [9.17, 15) is 9.18 Å². The molecule has 4 heteroatoms. The minimum absolute atomic E-state index is 0.0883. The number of likely N-dealkylation sites (tertiary alicyclic amines) is 1. The van der Waals surface area contributed by atoms with Crippen molar-refractivity contribution in [1.82, 2.24) is 4.90 Å². The molecule has 1 aromatic carbocycles. The molecule has 1 aliphatic heterocycles. The number of amides is 2. The van der Waals surface area contributed by atoms with Gasteiger partial charge in [0.05, 0.1) is 0 Å². The van der Waals surface area contributed by atoms with Gasteiger partial charge in [-0.15, -0.1) is 0 Å². The van der Waals surface area contributed by atoms with Crippen LogP contribution >= 0.6 is 0 Å². The van der Waals surface area contributed by atoms with Crippen molar-refractivity contribution >= 4 is 11.7 Å². The molecule has 0 aromatic heterocycles. The number of nitrogens with zero attached hydrogens (tertiary/aromatic N) is 1. The number of halogens is 1. The van der Waals surface area contributed by atoms with E-state index in [1.54, 1.807) is 6.07 Å². The van der Waals surface area contributed by atoms with Gasteiger partial charge >= 0.3 is 6.03 Å². The normalized spacial score (nSPS) is 20.2. The number of hydrogen-bond acceptors (Lipinski definition) is 1. The Morgan fingerprint density at radius 2 is 2.17 bits per heavy atom. The zero-order chi connectivity index (χ0) is 12.8. The quantitative estimate of drug-likeness (QED) is 0.812. The standard InChI is InChI=1S/C14H17FN2O/c1-10-3-4-11(15)9-12(10)16-13(18)17-8-7-14(17)5-2-6-14/h3-4,9H,2,5-8H2,1H3,(H,16,18). The first-order chi connectivity index (χ1) is 8.61. The summed E-state index contributed by atoms with van der Waals surface area (Å²) in [5.41, 5.74) is 1.58. The van der Waals surface area contributed by atoms with Gasteiger partial charge < -0.3 is 10.2 Å². The van der Waals surface area contributed by atoms with Crippen LogP contribution in [0.1, 0.15) is 31.2 Å². The van der Waals surface area contributed by atoms with Gasteiger partial charge in [-0.2, -0.15) is 0 Å². The molecule has 18 heavy (non-hydrogen) atoms. The Bertz CT molecular complexity index is 491. The summed E-state index contributed by atoms with van der Waals surface area (Å²) in [6, 6.07) is 4.37. The number of anilines is 1. The molecule has 1 aromatic rings. The number of carbonyl (C=O) groups is 1. The molecule has 3 nitrogen and oxygen atoms in total.